The van der Waals surface area contributed by atoms with Gasteiger partial charge in [-0.2, -0.15) is 0 Å². The van der Waals surface area contributed by atoms with Gasteiger partial charge < -0.3 is 15.0 Å². The van der Waals surface area contributed by atoms with Crippen molar-refractivity contribution in [3.8, 4) is 0 Å². The van der Waals surface area contributed by atoms with E-state index in [4.69, 9.17) is 4.74 Å². The van der Waals surface area contributed by atoms with Crippen LogP contribution in [0, 0.1) is 5.92 Å². The summed E-state index contributed by atoms with van der Waals surface area (Å²) in [4.78, 5) is 37.5. The van der Waals surface area contributed by atoms with Crippen LogP contribution in [0.1, 0.15) is 43.1 Å². The van der Waals surface area contributed by atoms with Gasteiger partial charge in [0.1, 0.15) is 5.69 Å². The van der Waals surface area contributed by atoms with Crippen molar-refractivity contribution in [3.05, 3.63) is 24.0 Å². The van der Waals surface area contributed by atoms with E-state index >= 15 is 0 Å². The standard InChI is InChI=1S/C15H21N3O4/c1-10-5-2-3-6-11(10)17-15(21)18-13(19)9-22-14(20)12-7-4-8-16-12/h4,7-8,10-11,16H,2-3,5-6,9H2,1H3,(H2,17,18,19,21)/t10-,11-/m1/s1. The van der Waals surface area contributed by atoms with Gasteiger partial charge in [-0.05, 0) is 30.9 Å². The van der Waals surface area contributed by atoms with E-state index in [1.165, 1.54) is 12.5 Å². The predicted octanol–water partition coefficient (Wildman–Crippen LogP) is 1.58. The van der Waals surface area contributed by atoms with E-state index in [0.29, 0.717) is 5.92 Å². The summed E-state index contributed by atoms with van der Waals surface area (Å²) in [6.07, 6.45) is 5.83. The molecule has 0 saturated heterocycles. The lowest BCUT2D eigenvalue weighted by Gasteiger charge is -2.29. The Morgan fingerprint density at radius 1 is 1.32 bits per heavy atom. The summed E-state index contributed by atoms with van der Waals surface area (Å²) in [5.74, 6) is -0.886. The second-order valence-corrected chi connectivity index (χ2v) is 5.55. The monoisotopic (exact) mass is 307 g/mol. The van der Waals surface area contributed by atoms with Gasteiger partial charge in [0.05, 0.1) is 0 Å². The second-order valence-electron chi connectivity index (χ2n) is 5.55. The normalized spacial score (nSPS) is 21.0. The van der Waals surface area contributed by atoms with Gasteiger partial charge in [0, 0.05) is 12.2 Å². The number of carbonyl (C=O) groups is 3. The zero-order valence-electron chi connectivity index (χ0n) is 12.6. The number of carbonyl (C=O) groups excluding carboxylic acids is 3. The third kappa shape index (κ3) is 4.61. The summed E-state index contributed by atoms with van der Waals surface area (Å²) in [6.45, 7) is 1.59. The number of ether oxygens (including phenoxy) is 1. The zero-order valence-corrected chi connectivity index (χ0v) is 12.6. The molecule has 1 aromatic heterocycles. The van der Waals surface area contributed by atoms with Crippen LogP contribution in [0.25, 0.3) is 0 Å². The van der Waals surface area contributed by atoms with E-state index in [2.05, 4.69) is 22.5 Å². The van der Waals surface area contributed by atoms with E-state index in [1.807, 2.05) is 0 Å². The van der Waals surface area contributed by atoms with Crippen molar-refractivity contribution in [2.75, 3.05) is 6.61 Å². The molecule has 2 atom stereocenters. The lowest BCUT2D eigenvalue weighted by Crippen LogP contribution is -2.48. The maximum absolute atomic E-state index is 11.8. The Kier molecular flexibility index (Phi) is 5.57. The highest BCUT2D eigenvalue weighted by Crippen LogP contribution is 2.23. The maximum atomic E-state index is 11.8. The number of esters is 1. The van der Waals surface area contributed by atoms with Gasteiger partial charge in [-0.1, -0.05) is 19.8 Å². The van der Waals surface area contributed by atoms with Crippen LogP contribution in [0.2, 0.25) is 0 Å². The van der Waals surface area contributed by atoms with Crippen molar-refractivity contribution in [1.82, 2.24) is 15.6 Å². The first-order valence-electron chi connectivity index (χ1n) is 7.47. The highest BCUT2D eigenvalue weighted by molar-refractivity contribution is 5.96. The Hall–Kier alpha value is -2.31. The molecular formula is C15H21N3O4. The fourth-order valence-electron chi connectivity index (χ4n) is 2.56. The molecule has 0 bridgehead atoms. The summed E-state index contributed by atoms with van der Waals surface area (Å²) in [5, 5.41) is 4.97. The Balaban J connectivity index is 1.70. The van der Waals surface area contributed by atoms with Crippen LogP contribution in [0.5, 0.6) is 0 Å². The molecule has 3 N–H and O–H groups in total. The first-order valence-corrected chi connectivity index (χ1v) is 7.47. The molecule has 0 aliphatic heterocycles. The molecule has 1 aliphatic rings. The minimum absolute atomic E-state index is 0.0861. The molecule has 0 unspecified atom stereocenters. The summed E-state index contributed by atoms with van der Waals surface area (Å²) in [6, 6.07) is 2.73. The van der Waals surface area contributed by atoms with E-state index in [9.17, 15) is 14.4 Å². The van der Waals surface area contributed by atoms with Crippen LogP contribution in [-0.2, 0) is 9.53 Å². The topological polar surface area (TPSA) is 100 Å². The number of urea groups is 1. The Morgan fingerprint density at radius 2 is 2.09 bits per heavy atom. The van der Waals surface area contributed by atoms with Crippen molar-refractivity contribution in [2.45, 2.75) is 38.6 Å². The van der Waals surface area contributed by atoms with Gasteiger partial charge in [-0.15, -0.1) is 0 Å². The quantitative estimate of drug-likeness (QED) is 0.735. The fraction of sp³-hybridized carbons (Fsp3) is 0.533. The molecule has 1 aromatic rings. The SMILES string of the molecule is C[C@@H]1CCCC[C@H]1NC(=O)NC(=O)COC(=O)c1ccc[nH]1. The van der Waals surface area contributed by atoms with Crippen molar-refractivity contribution in [3.63, 3.8) is 0 Å². The van der Waals surface area contributed by atoms with E-state index in [-0.39, 0.29) is 11.7 Å². The number of aromatic amines is 1. The molecule has 0 spiro atoms. The summed E-state index contributed by atoms with van der Waals surface area (Å²) >= 11 is 0. The number of hydrogen-bond acceptors (Lipinski definition) is 4. The molecule has 2 rings (SSSR count). The first kappa shape index (κ1) is 16.1. The third-order valence-corrected chi connectivity index (χ3v) is 3.83. The third-order valence-electron chi connectivity index (χ3n) is 3.83. The molecule has 0 aromatic carbocycles. The largest absolute Gasteiger partial charge is 0.451 e. The number of rotatable bonds is 4. The fourth-order valence-corrected chi connectivity index (χ4v) is 2.56. The van der Waals surface area contributed by atoms with Crippen molar-refractivity contribution in [1.29, 1.82) is 0 Å². The number of aromatic nitrogens is 1. The van der Waals surface area contributed by atoms with Gasteiger partial charge in [0.2, 0.25) is 0 Å². The molecular weight excluding hydrogens is 286 g/mol. The van der Waals surface area contributed by atoms with Crippen LogP contribution < -0.4 is 10.6 Å². The molecule has 1 heterocycles. The number of nitrogens with one attached hydrogen (secondary N) is 3. The van der Waals surface area contributed by atoms with Crippen molar-refractivity contribution in [2.24, 2.45) is 5.92 Å². The van der Waals surface area contributed by atoms with Gasteiger partial charge in [0.15, 0.2) is 6.61 Å². The lowest BCUT2D eigenvalue weighted by atomic mass is 9.86. The average Bonchev–Trinajstić information content (AvgIpc) is 3.01. The van der Waals surface area contributed by atoms with E-state index in [0.717, 1.165) is 19.3 Å². The van der Waals surface area contributed by atoms with E-state index in [1.54, 1.807) is 12.3 Å². The number of amides is 3. The highest BCUT2D eigenvalue weighted by Gasteiger charge is 2.23. The Labute approximate surface area is 128 Å². The minimum atomic E-state index is -0.652. The zero-order chi connectivity index (χ0) is 15.9. The van der Waals surface area contributed by atoms with Crippen LogP contribution in [-0.4, -0.2) is 35.5 Å². The van der Waals surface area contributed by atoms with Crippen LogP contribution in [0.15, 0.2) is 18.3 Å². The Morgan fingerprint density at radius 3 is 2.77 bits per heavy atom. The van der Waals surface area contributed by atoms with Crippen molar-refractivity contribution >= 4 is 17.9 Å². The highest BCUT2D eigenvalue weighted by atomic mass is 16.5. The number of imide groups is 1. The van der Waals surface area contributed by atoms with Crippen molar-refractivity contribution < 1.29 is 19.1 Å². The number of hydrogen-bond donors (Lipinski definition) is 3. The van der Waals surface area contributed by atoms with Gasteiger partial charge >= 0.3 is 12.0 Å². The molecule has 0 radical (unpaired) electrons. The average molecular weight is 307 g/mol. The number of H-pyrrole nitrogens is 1. The maximum Gasteiger partial charge on any atom is 0.355 e. The first-order chi connectivity index (χ1) is 10.6. The summed E-state index contributed by atoms with van der Waals surface area (Å²) in [5.41, 5.74) is 0.258. The molecule has 1 fully saturated rings. The van der Waals surface area contributed by atoms with Crippen LogP contribution >= 0.6 is 0 Å². The molecule has 7 nitrogen and oxygen atoms in total. The minimum Gasteiger partial charge on any atom is -0.451 e. The second kappa shape index (κ2) is 7.63. The van der Waals surface area contributed by atoms with Gasteiger partial charge in [-0.25, -0.2) is 9.59 Å². The van der Waals surface area contributed by atoms with Crippen LogP contribution in [0.3, 0.4) is 0 Å². The molecule has 3 amide bonds. The molecule has 22 heavy (non-hydrogen) atoms. The lowest BCUT2D eigenvalue weighted by molar-refractivity contribution is -0.123. The molecule has 7 heteroatoms. The summed E-state index contributed by atoms with van der Waals surface area (Å²) < 4.78 is 4.80. The molecule has 120 valence electrons. The van der Waals surface area contributed by atoms with E-state index < -0.39 is 24.5 Å². The van der Waals surface area contributed by atoms with Crippen LogP contribution in [0.4, 0.5) is 4.79 Å². The Bertz CT molecular complexity index is 527. The smallest absolute Gasteiger partial charge is 0.355 e. The molecule has 1 aliphatic carbocycles. The predicted molar refractivity (Wildman–Crippen MR) is 79.2 cm³/mol. The molecule has 1 saturated carbocycles. The summed E-state index contributed by atoms with van der Waals surface area (Å²) in [7, 11) is 0. The van der Waals surface area contributed by atoms with Gasteiger partial charge in [0.25, 0.3) is 5.91 Å². The van der Waals surface area contributed by atoms with Gasteiger partial charge in [-0.3, -0.25) is 10.1 Å².